The van der Waals surface area contributed by atoms with Crippen LogP contribution in [-0.4, -0.2) is 18.5 Å². The summed E-state index contributed by atoms with van der Waals surface area (Å²) in [7, 11) is 0. The molecule has 21 heavy (non-hydrogen) atoms. The molecule has 0 unspecified atom stereocenters. The fourth-order valence-electron chi connectivity index (χ4n) is 1.86. The van der Waals surface area contributed by atoms with Crippen molar-refractivity contribution in [2.75, 3.05) is 11.9 Å². The minimum absolute atomic E-state index is 0.328. The van der Waals surface area contributed by atoms with Crippen LogP contribution < -0.4 is 5.32 Å². The van der Waals surface area contributed by atoms with Crippen molar-refractivity contribution in [3.8, 4) is 0 Å². The molecule has 1 N–H and O–H groups in total. The summed E-state index contributed by atoms with van der Waals surface area (Å²) in [5.41, 5.74) is 3.04. The molecule has 110 valence electrons. The fraction of sp³-hybridized carbons (Fsp3) is 0.250. The first-order valence-electron chi connectivity index (χ1n) is 6.55. The Kier molecular flexibility index (Phi) is 4.42. The molecule has 5 heteroatoms. The number of esters is 1. The topological polar surface area (TPSA) is 68.5 Å². The molecule has 0 radical (unpaired) electrons. The van der Waals surface area contributed by atoms with Gasteiger partial charge in [-0.1, -0.05) is 12.1 Å². The number of furan rings is 1. The van der Waals surface area contributed by atoms with Crippen molar-refractivity contribution in [1.82, 2.24) is 0 Å². The number of hydrogen-bond donors (Lipinski definition) is 1. The van der Waals surface area contributed by atoms with Gasteiger partial charge in [-0.3, -0.25) is 4.79 Å². The van der Waals surface area contributed by atoms with E-state index in [0.717, 1.165) is 16.8 Å². The number of hydrogen-bond acceptors (Lipinski definition) is 4. The van der Waals surface area contributed by atoms with Gasteiger partial charge in [0.05, 0.1) is 6.26 Å². The smallest absolute Gasteiger partial charge is 0.342 e. The monoisotopic (exact) mass is 287 g/mol. The summed E-state index contributed by atoms with van der Waals surface area (Å²) >= 11 is 0. The van der Waals surface area contributed by atoms with Gasteiger partial charge in [0, 0.05) is 5.69 Å². The highest BCUT2D eigenvalue weighted by Crippen LogP contribution is 2.16. The molecular weight excluding hydrogens is 270 g/mol. The van der Waals surface area contributed by atoms with E-state index in [2.05, 4.69) is 5.32 Å². The van der Waals surface area contributed by atoms with E-state index in [1.165, 1.54) is 12.3 Å². The highest BCUT2D eigenvalue weighted by Gasteiger charge is 2.15. The van der Waals surface area contributed by atoms with Crippen molar-refractivity contribution in [3.05, 3.63) is 53.0 Å². The Bertz CT molecular complexity index is 673. The molecule has 0 saturated carbocycles. The lowest BCUT2D eigenvalue weighted by Gasteiger charge is -2.09. The predicted octanol–water partition coefficient (Wildman–Crippen LogP) is 3.00. The first kappa shape index (κ1) is 14.8. The van der Waals surface area contributed by atoms with Crippen LogP contribution in [0.25, 0.3) is 0 Å². The molecule has 0 fully saturated rings. The quantitative estimate of drug-likeness (QED) is 0.878. The van der Waals surface area contributed by atoms with E-state index in [-0.39, 0.29) is 12.5 Å². The molecule has 1 amide bonds. The lowest BCUT2D eigenvalue weighted by molar-refractivity contribution is -0.119. The number of benzene rings is 1. The molecule has 1 aromatic carbocycles. The average molecular weight is 287 g/mol. The van der Waals surface area contributed by atoms with Gasteiger partial charge < -0.3 is 14.5 Å². The van der Waals surface area contributed by atoms with Gasteiger partial charge in [0.2, 0.25) is 0 Å². The second-order valence-electron chi connectivity index (χ2n) is 4.83. The first-order chi connectivity index (χ1) is 9.97. The maximum absolute atomic E-state index is 11.8. The van der Waals surface area contributed by atoms with Crippen molar-refractivity contribution in [1.29, 1.82) is 0 Å². The highest BCUT2D eigenvalue weighted by atomic mass is 16.5. The minimum atomic E-state index is -0.572. The summed E-state index contributed by atoms with van der Waals surface area (Å²) in [5.74, 6) is -0.481. The van der Waals surface area contributed by atoms with Gasteiger partial charge in [0.15, 0.2) is 6.61 Å². The third kappa shape index (κ3) is 3.72. The van der Waals surface area contributed by atoms with Crippen LogP contribution in [0.5, 0.6) is 0 Å². The molecule has 0 aliphatic heterocycles. The Morgan fingerprint density at radius 3 is 2.62 bits per heavy atom. The predicted molar refractivity (Wildman–Crippen MR) is 78.3 cm³/mol. The van der Waals surface area contributed by atoms with E-state index in [4.69, 9.17) is 9.15 Å². The second-order valence-corrected chi connectivity index (χ2v) is 4.83. The lowest BCUT2D eigenvalue weighted by atomic mass is 10.1. The Labute approximate surface area is 122 Å². The van der Waals surface area contributed by atoms with Gasteiger partial charge in [-0.25, -0.2) is 4.79 Å². The van der Waals surface area contributed by atoms with Crippen LogP contribution in [-0.2, 0) is 9.53 Å². The van der Waals surface area contributed by atoms with Gasteiger partial charge in [0.25, 0.3) is 5.91 Å². The zero-order chi connectivity index (χ0) is 15.4. The molecule has 0 spiro atoms. The van der Waals surface area contributed by atoms with E-state index in [1.807, 2.05) is 32.0 Å². The number of anilines is 1. The third-order valence-corrected chi connectivity index (χ3v) is 3.08. The van der Waals surface area contributed by atoms with Crippen molar-refractivity contribution in [2.24, 2.45) is 0 Å². The van der Waals surface area contributed by atoms with Crippen LogP contribution in [0.15, 0.2) is 34.9 Å². The molecule has 0 atom stereocenters. The molecule has 0 aliphatic rings. The SMILES string of the molecule is Cc1ccc(C)c(NC(=O)COC(=O)c2ccoc2C)c1. The van der Waals surface area contributed by atoms with Crippen LogP contribution >= 0.6 is 0 Å². The fourth-order valence-corrected chi connectivity index (χ4v) is 1.86. The molecule has 2 aromatic rings. The van der Waals surface area contributed by atoms with Gasteiger partial charge >= 0.3 is 5.97 Å². The molecule has 0 aliphatic carbocycles. The van der Waals surface area contributed by atoms with Crippen LogP contribution in [0.4, 0.5) is 5.69 Å². The van der Waals surface area contributed by atoms with E-state index < -0.39 is 5.97 Å². The minimum Gasteiger partial charge on any atom is -0.469 e. The van der Waals surface area contributed by atoms with Gasteiger partial charge in [0.1, 0.15) is 11.3 Å². The summed E-state index contributed by atoms with van der Waals surface area (Å²) in [6, 6.07) is 7.27. The Hall–Kier alpha value is -2.56. The standard InChI is InChI=1S/C16H17NO4/c1-10-4-5-11(2)14(8-10)17-15(18)9-21-16(19)13-6-7-20-12(13)3/h4-8H,9H2,1-3H3,(H,17,18). The average Bonchev–Trinajstić information content (AvgIpc) is 2.86. The number of aryl methyl sites for hydroxylation is 3. The van der Waals surface area contributed by atoms with Gasteiger partial charge in [-0.2, -0.15) is 0 Å². The third-order valence-electron chi connectivity index (χ3n) is 3.08. The maximum atomic E-state index is 11.8. The van der Waals surface area contributed by atoms with E-state index in [1.54, 1.807) is 6.92 Å². The Morgan fingerprint density at radius 2 is 1.95 bits per heavy atom. The van der Waals surface area contributed by atoms with Crippen molar-refractivity contribution >= 4 is 17.6 Å². The summed E-state index contributed by atoms with van der Waals surface area (Å²) in [6.07, 6.45) is 1.40. The van der Waals surface area contributed by atoms with Crippen LogP contribution in [0.1, 0.15) is 27.2 Å². The normalized spacial score (nSPS) is 10.2. The number of nitrogens with one attached hydrogen (secondary N) is 1. The summed E-state index contributed by atoms with van der Waals surface area (Å²) in [5, 5.41) is 2.73. The number of carbonyl (C=O) groups excluding carboxylic acids is 2. The van der Waals surface area contributed by atoms with Crippen molar-refractivity contribution < 1.29 is 18.7 Å². The van der Waals surface area contributed by atoms with Crippen molar-refractivity contribution in [2.45, 2.75) is 20.8 Å². The second kappa shape index (κ2) is 6.26. The number of rotatable bonds is 4. The maximum Gasteiger partial charge on any atom is 0.342 e. The Balaban J connectivity index is 1.92. The molecule has 0 bridgehead atoms. The van der Waals surface area contributed by atoms with Gasteiger partial charge in [-0.05, 0) is 44.0 Å². The van der Waals surface area contributed by atoms with E-state index in [0.29, 0.717) is 11.3 Å². The number of amides is 1. The number of carbonyl (C=O) groups is 2. The van der Waals surface area contributed by atoms with E-state index in [9.17, 15) is 9.59 Å². The van der Waals surface area contributed by atoms with Crippen molar-refractivity contribution in [3.63, 3.8) is 0 Å². The lowest BCUT2D eigenvalue weighted by Crippen LogP contribution is -2.21. The largest absolute Gasteiger partial charge is 0.469 e. The van der Waals surface area contributed by atoms with E-state index >= 15 is 0 Å². The molecule has 2 rings (SSSR count). The van der Waals surface area contributed by atoms with Crippen LogP contribution in [0.3, 0.4) is 0 Å². The molecule has 0 saturated heterocycles. The summed E-state index contributed by atoms with van der Waals surface area (Å²) in [4.78, 5) is 23.6. The highest BCUT2D eigenvalue weighted by molar-refractivity contribution is 5.96. The van der Waals surface area contributed by atoms with Crippen LogP contribution in [0.2, 0.25) is 0 Å². The zero-order valence-electron chi connectivity index (χ0n) is 12.2. The first-order valence-corrected chi connectivity index (χ1v) is 6.55. The molecule has 1 heterocycles. The van der Waals surface area contributed by atoms with Crippen LogP contribution in [0, 0.1) is 20.8 Å². The summed E-state index contributed by atoms with van der Waals surface area (Å²) in [6.45, 7) is 5.16. The molecular formula is C16H17NO4. The molecule has 1 aromatic heterocycles. The number of ether oxygens (including phenoxy) is 1. The van der Waals surface area contributed by atoms with Gasteiger partial charge in [-0.15, -0.1) is 0 Å². The summed E-state index contributed by atoms with van der Waals surface area (Å²) < 4.78 is 9.98. The zero-order valence-corrected chi connectivity index (χ0v) is 12.2. The molecule has 5 nitrogen and oxygen atoms in total. The Morgan fingerprint density at radius 1 is 1.19 bits per heavy atom.